The van der Waals surface area contributed by atoms with Gasteiger partial charge in [-0.15, -0.1) is 0 Å². The lowest BCUT2D eigenvalue weighted by molar-refractivity contribution is 0.0697. The number of nitrogens with zero attached hydrogens (tertiary/aromatic N) is 3. The standard InChI is InChI=1S/C36H42ClN3O6S/c1-2-30(47(44,45)35-38-17-4-18-39-35)13-12-29(41)11-8-24-6-7-27(24)21-40-22-36(16-3-5-25-19-28(37)10-14-31(25)36)23-46-33-15-9-26(34(42)43)20-32(33)40/h4,8-11,14-15,17-20,24,27,29-30,41H,2-3,5-7,12-13,16,21-23H2,1H3,(H,42,43)/b11-8+/t24-,27-,29?,30?,36?/m0/s1. The number of ether oxygens (including phenoxy) is 1. The van der Waals surface area contributed by atoms with Gasteiger partial charge in [-0.25, -0.2) is 23.2 Å². The molecule has 1 aromatic heterocycles. The van der Waals surface area contributed by atoms with E-state index in [-0.39, 0.29) is 22.1 Å². The number of aryl methyl sites for hydroxylation is 1. The Morgan fingerprint density at radius 3 is 2.70 bits per heavy atom. The first-order valence-corrected chi connectivity index (χ1v) is 18.4. The van der Waals surface area contributed by atoms with E-state index in [1.165, 1.54) is 23.5 Å². The molecule has 3 aromatic rings. The average molecular weight is 680 g/mol. The number of halogens is 1. The minimum atomic E-state index is -3.68. The van der Waals surface area contributed by atoms with Gasteiger partial charge in [0.1, 0.15) is 5.75 Å². The highest BCUT2D eigenvalue weighted by Crippen LogP contribution is 2.46. The van der Waals surface area contributed by atoms with Crippen LogP contribution in [0.2, 0.25) is 5.02 Å². The maximum absolute atomic E-state index is 13.0. The van der Waals surface area contributed by atoms with Crippen molar-refractivity contribution in [3.8, 4) is 5.75 Å². The molecular formula is C36H42ClN3O6S. The summed E-state index contributed by atoms with van der Waals surface area (Å²) in [6.45, 7) is 3.75. The van der Waals surface area contributed by atoms with Crippen LogP contribution in [-0.2, 0) is 21.7 Å². The molecule has 2 aromatic carbocycles. The predicted molar refractivity (Wildman–Crippen MR) is 181 cm³/mol. The summed E-state index contributed by atoms with van der Waals surface area (Å²) < 4.78 is 32.5. The molecular weight excluding hydrogens is 638 g/mol. The number of carboxylic acid groups (broad SMARTS) is 1. The largest absolute Gasteiger partial charge is 0.490 e. The first-order chi connectivity index (χ1) is 22.6. The molecule has 1 spiro atoms. The van der Waals surface area contributed by atoms with E-state index < -0.39 is 27.2 Å². The zero-order valence-corrected chi connectivity index (χ0v) is 28.2. The number of aromatic carboxylic acids is 1. The molecule has 250 valence electrons. The minimum absolute atomic E-state index is 0.174. The third kappa shape index (κ3) is 7.05. The van der Waals surface area contributed by atoms with Crippen LogP contribution in [0.25, 0.3) is 0 Å². The molecule has 3 aliphatic rings. The molecule has 0 saturated heterocycles. The van der Waals surface area contributed by atoms with Gasteiger partial charge in [0.25, 0.3) is 0 Å². The van der Waals surface area contributed by atoms with E-state index in [0.717, 1.165) is 49.4 Å². The number of sulfone groups is 1. The zero-order chi connectivity index (χ0) is 33.2. The van der Waals surface area contributed by atoms with Gasteiger partial charge in [-0.05, 0) is 111 Å². The molecule has 2 aliphatic carbocycles. The Kier molecular flexibility index (Phi) is 9.92. The number of aromatic nitrogens is 2. The van der Waals surface area contributed by atoms with Crippen LogP contribution in [0.4, 0.5) is 5.69 Å². The number of rotatable bonds is 11. The summed E-state index contributed by atoms with van der Waals surface area (Å²) >= 11 is 6.38. The molecule has 2 N–H and O–H groups in total. The number of carboxylic acids is 1. The number of aliphatic hydroxyl groups is 1. The second kappa shape index (κ2) is 13.9. The van der Waals surface area contributed by atoms with Crippen molar-refractivity contribution in [2.24, 2.45) is 11.8 Å². The predicted octanol–water partition coefficient (Wildman–Crippen LogP) is 6.28. The molecule has 47 heavy (non-hydrogen) atoms. The van der Waals surface area contributed by atoms with E-state index in [4.69, 9.17) is 16.3 Å². The fourth-order valence-electron chi connectivity index (χ4n) is 7.49. The number of anilines is 1. The zero-order valence-electron chi connectivity index (χ0n) is 26.6. The number of benzene rings is 2. The van der Waals surface area contributed by atoms with Crippen molar-refractivity contribution in [2.75, 3.05) is 24.6 Å². The summed E-state index contributed by atoms with van der Waals surface area (Å²) in [5.74, 6) is 0.271. The molecule has 0 radical (unpaired) electrons. The minimum Gasteiger partial charge on any atom is -0.490 e. The van der Waals surface area contributed by atoms with Crippen molar-refractivity contribution in [3.05, 3.63) is 88.7 Å². The van der Waals surface area contributed by atoms with Gasteiger partial charge < -0.3 is 19.8 Å². The topological polar surface area (TPSA) is 130 Å². The SMILES string of the molecule is CCC(CCC(O)/C=C/[C@@H]1CC[C@H]1CN1CC2(CCCc3cc(Cl)ccc32)COc2ccc(C(=O)O)cc21)S(=O)(=O)c1ncccn1. The molecule has 6 rings (SSSR count). The Balaban J connectivity index is 1.17. The van der Waals surface area contributed by atoms with Crippen molar-refractivity contribution in [3.63, 3.8) is 0 Å². The van der Waals surface area contributed by atoms with Crippen molar-refractivity contribution >= 4 is 33.1 Å². The summed E-state index contributed by atoms with van der Waals surface area (Å²) in [5.41, 5.74) is 3.27. The molecule has 11 heteroatoms. The van der Waals surface area contributed by atoms with Crippen molar-refractivity contribution in [1.29, 1.82) is 0 Å². The monoisotopic (exact) mass is 679 g/mol. The molecule has 1 saturated carbocycles. The van der Waals surface area contributed by atoms with E-state index in [0.29, 0.717) is 44.1 Å². The van der Waals surface area contributed by atoms with E-state index in [9.17, 15) is 23.4 Å². The average Bonchev–Trinajstić information content (AvgIpc) is 3.20. The fraction of sp³-hybridized carbons (Fsp3) is 0.472. The Bertz CT molecular complexity index is 1740. The molecule has 1 fully saturated rings. The van der Waals surface area contributed by atoms with Crippen LogP contribution >= 0.6 is 11.6 Å². The van der Waals surface area contributed by atoms with Gasteiger partial charge in [0.15, 0.2) is 0 Å². The number of carbonyl (C=O) groups is 1. The van der Waals surface area contributed by atoms with E-state index in [1.54, 1.807) is 30.3 Å². The van der Waals surface area contributed by atoms with E-state index in [1.807, 2.05) is 13.0 Å². The second-order valence-electron chi connectivity index (χ2n) is 13.2. The van der Waals surface area contributed by atoms with Crippen LogP contribution in [0.5, 0.6) is 5.75 Å². The second-order valence-corrected chi connectivity index (χ2v) is 15.8. The molecule has 2 heterocycles. The highest BCUT2D eigenvalue weighted by Gasteiger charge is 2.43. The van der Waals surface area contributed by atoms with Crippen molar-refractivity contribution in [1.82, 2.24) is 9.97 Å². The van der Waals surface area contributed by atoms with Gasteiger partial charge in [-0.1, -0.05) is 36.7 Å². The van der Waals surface area contributed by atoms with Crippen LogP contribution in [0, 0.1) is 11.8 Å². The van der Waals surface area contributed by atoms with Gasteiger partial charge in [0, 0.05) is 35.9 Å². The molecule has 9 nitrogen and oxygen atoms in total. The molecule has 1 aliphatic heterocycles. The first-order valence-electron chi connectivity index (χ1n) is 16.5. The van der Waals surface area contributed by atoms with Crippen molar-refractivity contribution in [2.45, 2.75) is 80.2 Å². The van der Waals surface area contributed by atoms with E-state index in [2.05, 4.69) is 33.1 Å². The summed E-state index contributed by atoms with van der Waals surface area (Å²) in [6.07, 6.45) is 11.9. The number of hydrogen-bond acceptors (Lipinski definition) is 8. The lowest BCUT2D eigenvalue weighted by Crippen LogP contribution is -2.48. The summed E-state index contributed by atoms with van der Waals surface area (Å²) in [5, 5.41) is 20.5. The molecule has 5 atom stereocenters. The van der Waals surface area contributed by atoms with Crippen LogP contribution in [0.15, 0.2) is 72.2 Å². The Hall–Kier alpha value is -3.47. The summed E-state index contributed by atoms with van der Waals surface area (Å²) in [7, 11) is -3.68. The smallest absolute Gasteiger partial charge is 0.335 e. The van der Waals surface area contributed by atoms with Gasteiger partial charge in [0.2, 0.25) is 15.0 Å². The summed E-state index contributed by atoms with van der Waals surface area (Å²) in [4.78, 5) is 22.1. The van der Waals surface area contributed by atoms with Gasteiger partial charge in [0.05, 0.1) is 29.2 Å². The Morgan fingerprint density at radius 2 is 1.98 bits per heavy atom. The van der Waals surface area contributed by atoms with Gasteiger partial charge in [-0.3, -0.25) is 0 Å². The number of aliphatic hydroxyl groups excluding tert-OH is 1. The molecule has 0 amide bonds. The van der Waals surface area contributed by atoms with Gasteiger partial charge in [-0.2, -0.15) is 0 Å². The third-order valence-electron chi connectivity index (χ3n) is 10.3. The van der Waals surface area contributed by atoms with Gasteiger partial charge >= 0.3 is 5.97 Å². The first kappa shape index (κ1) is 33.4. The maximum atomic E-state index is 13.0. The van der Waals surface area contributed by atoms with Crippen LogP contribution in [0.1, 0.15) is 73.4 Å². The summed E-state index contributed by atoms with van der Waals surface area (Å²) in [6, 6.07) is 12.8. The molecule has 0 bridgehead atoms. The highest BCUT2D eigenvalue weighted by molar-refractivity contribution is 7.91. The Morgan fingerprint density at radius 1 is 1.17 bits per heavy atom. The van der Waals surface area contributed by atoms with E-state index >= 15 is 0 Å². The highest BCUT2D eigenvalue weighted by atomic mass is 35.5. The molecule has 3 unspecified atom stereocenters. The van der Waals surface area contributed by atoms with Crippen molar-refractivity contribution < 1.29 is 28.2 Å². The lowest BCUT2D eigenvalue weighted by Gasteiger charge is -2.44. The fourth-order valence-corrected chi connectivity index (χ4v) is 9.28. The third-order valence-corrected chi connectivity index (χ3v) is 12.7. The number of fused-ring (bicyclic) bond motifs is 3. The van der Waals surface area contributed by atoms with Crippen LogP contribution in [0.3, 0.4) is 0 Å². The van der Waals surface area contributed by atoms with Crippen LogP contribution in [-0.4, -0.2) is 65.6 Å². The Labute approximate surface area is 281 Å². The van der Waals surface area contributed by atoms with Crippen LogP contribution < -0.4 is 9.64 Å². The number of hydrogen-bond donors (Lipinski definition) is 2. The number of allylic oxidation sites excluding steroid dienone is 1. The normalized spacial score (nSPS) is 23.7. The quantitative estimate of drug-likeness (QED) is 0.178. The maximum Gasteiger partial charge on any atom is 0.335 e. The lowest BCUT2D eigenvalue weighted by atomic mass is 9.69.